The Bertz CT molecular complexity index is 999. The molecule has 30 heavy (non-hydrogen) atoms. The number of rotatable bonds is 3. The zero-order valence-corrected chi connectivity index (χ0v) is 19.2. The molecule has 0 unspecified atom stereocenters. The molecule has 2 aliphatic carbocycles. The largest absolute Gasteiger partial charge is 0.481 e. The molecule has 1 saturated carbocycles. The standard InChI is InChI=1S/C16H7Cl7F3NO3/c17-5-2-1-4(15(24,25)26)3-6(5)27-11(28)7-8(12(29)30)14(21)10(19)9(18)13(7,20)16(14,22)23/h1-3,7-8H,(H,27,28)(H,29,30)/t7-,8-,13+,14+/m1/s1. The third-order valence-corrected chi connectivity index (χ3v) is 9.62. The summed E-state index contributed by atoms with van der Waals surface area (Å²) in [6.07, 6.45) is -4.73. The predicted octanol–water partition coefficient (Wildman–Crippen LogP) is 6.46. The lowest BCUT2D eigenvalue weighted by Crippen LogP contribution is -2.47. The highest BCUT2D eigenvalue weighted by molar-refractivity contribution is 6.66. The third-order valence-electron chi connectivity index (χ3n) is 5.04. The molecule has 1 amide bonds. The van der Waals surface area contributed by atoms with Crippen LogP contribution in [0.1, 0.15) is 5.56 Å². The third kappa shape index (κ3) is 3.04. The first-order chi connectivity index (χ1) is 13.5. The Kier molecular flexibility index (Phi) is 5.99. The van der Waals surface area contributed by atoms with Gasteiger partial charge in [-0.15, -0.1) is 23.2 Å². The molecule has 1 aromatic carbocycles. The molecule has 1 aromatic rings. The molecule has 4 atom stereocenters. The minimum absolute atomic E-state index is 0.252. The molecule has 1 fully saturated rings. The first-order valence-corrected chi connectivity index (χ1v) is 10.4. The van der Waals surface area contributed by atoms with E-state index in [1.165, 1.54) is 0 Å². The summed E-state index contributed by atoms with van der Waals surface area (Å²) in [5.41, 5.74) is -1.56. The lowest BCUT2D eigenvalue weighted by molar-refractivity contribution is -0.146. The number of amides is 1. The lowest BCUT2D eigenvalue weighted by Gasteiger charge is -2.33. The molecule has 4 nitrogen and oxygen atoms in total. The van der Waals surface area contributed by atoms with E-state index in [9.17, 15) is 27.9 Å². The first-order valence-electron chi connectivity index (χ1n) is 7.75. The SMILES string of the molecule is O=C(O)[C@H]1[C@H](C(=O)Nc2cc(C(F)(F)F)ccc2Cl)[C@]2(Cl)C(Cl)=C(Cl)[C@]1(Cl)C2(Cl)Cl. The fraction of sp³-hybridized carbons (Fsp3) is 0.375. The van der Waals surface area contributed by atoms with Crippen LogP contribution in [0.5, 0.6) is 0 Å². The second kappa shape index (κ2) is 7.37. The number of hydrogen-bond acceptors (Lipinski definition) is 2. The summed E-state index contributed by atoms with van der Waals surface area (Å²) < 4.78 is 36.6. The van der Waals surface area contributed by atoms with Gasteiger partial charge in [0.15, 0.2) is 4.33 Å². The van der Waals surface area contributed by atoms with E-state index in [1.807, 2.05) is 0 Å². The lowest BCUT2D eigenvalue weighted by atomic mass is 9.81. The van der Waals surface area contributed by atoms with Crippen molar-refractivity contribution in [3.63, 3.8) is 0 Å². The van der Waals surface area contributed by atoms with Crippen molar-refractivity contribution < 1.29 is 27.9 Å². The van der Waals surface area contributed by atoms with Gasteiger partial charge in [-0.05, 0) is 18.2 Å². The number of fused-ring (bicyclic) bond motifs is 2. The van der Waals surface area contributed by atoms with Gasteiger partial charge in [0.25, 0.3) is 0 Å². The molecule has 0 radical (unpaired) electrons. The molecule has 14 heteroatoms. The molecule has 0 heterocycles. The monoisotopic (exact) mass is 563 g/mol. The number of nitrogens with one attached hydrogen (secondary N) is 1. The van der Waals surface area contributed by atoms with E-state index >= 15 is 0 Å². The van der Waals surface area contributed by atoms with E-state index in [1.54, 1.807) is 0 Å². The minimum Gasteiger partial charge on any atom is -0.481 e. The van der Waals surface area contributed by atoms with Crippen LogP contribution in [0.2, 0.25) is 5.02 Å². The maximum absolute atomic E-state index is 13.0. The highest BCUT2D eigenvalue weighted by Gasteiger charge is 2.85. The van der Waals surface area contributed by atoms with Gasteiger partial charge < -0.3 is 10.4 Å². The Morgan fingerprint density at radius 2 is 1.47 bits per heavy atom. The smallest absolute Gasteiger partial charge is 0.416 e. The number of carbonyl (C=O) groups is 2. The van der Waals surface area contributed by atoms with Crippen LogP contribution in [0, 0.1) is 11.8 Å². The first kappa shape index (κ1) is 24.4. The van der Waals surface area contributed by atoms with E-state index in [4.69, 9.17) is 81.2 Å². The van der Waals surface area contributed by atoms with E-state index in [0.717, 1.165) is 6.07 Å². The topological polar surface area (TPSA) is 66.4 Å². The van der Waals surface area contributed by atoms with Gasteiger partial charge in [-0.3, -0.25) is 9.59 Å². The van der Waals surface area contributed by atoms with Gasteiger partial charge in [-0.2, -0.15) is 13.2 Å². The van der Waals surface area contributed by atoms with E-state index < -0.39 is 65.3 Å². The van der Waals surface area contributed by atoms with Crippen molar-refractivity contribution in [2.24, 2.45) is 11.8 Å². The number of anilines is 1. The molecule has 0 aliphatic heterocycles. The Hall–Kier alpha value is -0.280. The van der Waals surface area contributed by atoms with Crippen LogP contribution in [-0.4, -0.2) is 31.1 Å². The van der Waals surface area contributed by atoms with Gasteiger partial charge in [0, 0.05) is 0 Å². The second-order valence-corrected chi connectivity index (χ2v) is 10.3. The number of carboxylic acids is 1. The second-order valence-electron chi connectivity index (χ2n) is 6.60. The summed E-state index contributed by atoms with van der Waals surface area (Å²) in [7, 11) is 0. The number of allylic oxidation sites excluding steroid dienone is 2. The molecule has 0 spiro atoms. The van der Waals surface area contributed by atoms with Gasteiger partial charge in [-0.25, -0.2) is 0 Å². The summed E-state index contributed by atoms with van der Waals surface area (Å²) >= 11 is 43.5. The van der Waals surface area contributed by atoms with Gasteiger partial charge in [0.05, 0.1) is 38.2 Å². The van der Waals surface area contributed by atoms with Crippen LogP contribution >= 0.6 is 81.2 Å². The molecule has 2 aliphatic rings. The minimum atomic E-state index is -4.73. The van der Waals surface area contributed by atoms with E-state index in [-0.39, 0.29) is 5.02 Å². The Balaban J connectivity index is 2.10. The van der Waals surface area contributed by atoms with Crippen molar-refractivity contribution in [1.29, 1.82) is 0 Å². The van der Waals surface area contributed by atoms with Crippen molar-refractivity contribution in [2.75, 3.05) is 5.32 Å². The maximum atomic E-state index is 13.0. The fourth-order valence-corrected chi connectivity index (χ4v) is 6.74. The number of halogens is 10. The average Bonchev–Trinajstić information content (AvgIpc) is 2.82. The summed E-state index contributed by atoms with van der Waals surface area (Å²) in [6, 6.07) is 2.18. The highest BCUT2D eigenvalue weighted by atomic mass is 35.5. The van der Waals surface area contributed by atoms with Gasteiger partial charge >= 0.3 is 12.1 Å². The van der Waals surface area contributed by atoms with Crippen molar-refractivity contribution in [3.05, 3.63) is 38.8 Å². The summed E-state index contributed by atoms with van der Waals surface area (Å²) in [5, 5.41) is 10.7. The molecule has 0 aromatic heterocycles. The van der Waals surface area contributed by atoms with Crippen LogP contribution < -0.4 is 5.32 Å². The number of alkyl halides is 7. The van der Waals surface area contributed by atoms with Crippen LogP contribution in [0.3, 0.4) is 0 Å². The quantitative estimate of drug-likeness (QED) is 0.413. The molecule has 3 rings (SSSR count). The molecular formula is C16H7Cl7F3NO3. The summed E-state index contributed by atoms with van der Waals surface area (Å²) in [6.45, 7) is 0. The van der Waals surface area contributed by atoms with Gasteiger partial charge in [0.1, 0.15) is 9.75 Å². The van der Waals surface area contributed by atoms with Crippen LogP contribution in [0.15, 0.2) is 28.3 Å². The normalized spacial score (nSPS) is 32.5. The Morgan fingerprint density at radius 1 is 0.967 bits per heavy atom. The van der Waals surface area contributed by atoms with Gasteiger partial charge in [-0.1, -0.05) is 58.0 Å². The number of aliphatic carboxylic acids is 1. The molecule has 2 N–H and O–H groups in total. The van der Waals surface area contributed by atoms with E-state index in [2.05, 4.69) is 5.32 Å². The van der Waals surface area contributed by atoms with Crippen molar-refractivity contribution in [2.45, 2.75) is 20.3 Å². The molecular weight excluding hydrogens is 559 g/mol. The number of hydrogen-bond donors (Lipinski definition) is 2. The van der Waals surface area contributed by atoms with Gasteiger partial charge in [0.2, 0.25) is 5.91 Å². The van der Waals surface area contributed by atoms with E-state index in [0.29, 0.717) is 12.1 Å². The van der Waals surface area contributed by atoms with Crippen LogP contribution in [0.25, 0.3) is 0 Å². The zero-order chi connectivity index (χ0) is 23.0. The summed E-state index contributed by atoms with van der Waals surface area (Å²) in [4.78, 5) is 20.4. The molecule has 0 saturated heterocycles. The Labute approximate surface area is 202 Å². The number of benzene rings is 1. The van der Waals surface area contributed by atoms with Crippen molar-refractivity contribution in [3.8, 4) is 0 Å². The van der Waals surface area contributed by atoms with Crippen LogP contribution in [-0.2, 0) is 15.8 Å². The average molecular weight is 566 g/mol. The maximum Gasteiger partial charge on any atom is 0.416 e. The van der Waals surface area contributed by atoms with Crippen LogP contribution in [0.4, 0.5) is 18.9 Å². The summed E-state index contributed by atoms with van der Waals surface area (Å²) in [5.74, 6) is -6.49. The Morgan fingerprint density at radius 3 is 1.93 bits per heavy atom. The highest BCUT2D eigenvalue weighted by Crippen LogP contribution is 2.76. The zero-order valence-electron chi connectivity index (χ0n) is 13.9. The predicted molar refractivity (Wildman–Crippen MR) is 110 cm³/mol. The molecule has 164 valence electrons. The number of carboxylic acid groups (broad SMARTS) is 1. The number of carbonyl (C=O) groups excluding carboxylic acids is 1. The molecule has 2 bridgehead atoms. The fourth-order valence-electron chi connectivity index (χ4n) is 3.64. The van der Waals surface area contributed by atoms with Crippen molar-refractivity contribution >= 4 is 98.8 Å². The van der Waals surface area contributed by atoms with Crippen molar-refractivity contribution in [1.82, 2.24) is 0 Å².